The summed E-state index contributed by atoms with van der Waals surface area (Å²) in [5.41, 5.74) is 1.19. The first-order valence-electron chi connectivity index (χ1n) is 5.33. The molecule has 0 spiro atoms. The van der Waals surface area contributed by atoms with E-state index in [0.717, 1.165) is 0 Å². The number of rotatable bonds is 4. The van der Waals surface area contributed by atoms with Crippen LogP contribution in [0.15, 0.2) is 23.0 Å². The fraction of sp³-hybridized carbons (Fsp3) is 0.273. The Balaban J connectivity index is 1.91. The van der Waals surface area contributed by atoms with Crippen LogP contribution in [0.2, 0.25) is 5.15 Å². The van der Waals surface area contributed by atoms with E-state index in [9.17, 15) is 4.79 Å². The van der Waals surface area contributed by atoms with Gasteiger partial charge in [0, 0.05) is 24.2 Å². The van der Waals surface area contributed by atoms with E-state index in [2.05, 4.69) is 25.0 Å². The zero-order chi connectivity index (χ0) is 13.0. The molecule has 0 fully saturated rings. The molecule has 94 valence electrons. The van der Waals surface area contributed by atoms with Crippen LogP contribution in [-0.2, 0) is 6.42 Å². The largest absolute Gasteiger partial charge is 0.352 e. The van der Waals surface area contributed by atoms with Crippen molar-refractivity contribution in [3.63, 3.8) is 0 Å². The number of carbonyl (C=O) groups excluding carboxylic acids is 1. The molecule has 18 heavy (non-hydrogen) atoms. The summed E-state index contributed by atoms with van der Waals surface area (Å²) in [7, 11) is 0. The van der Waals surface area contributed by atoms with E-state index in [1.54, 1.807) is 13.0 Å². The zero-order valence-corrected chi connectivity index (χ0v) is 10.4. The summed E-state index contributed by atoms with van der Waals surface area (Å²) in [4.78, 5) is 19.7. The van der Waals surface area contributed by atoms with E-state index in [-0.39, 0.29) is 5.91 Å². The van der Waals surface area contributed by atoms with Gasteiger partial charge in [-0.05, 0) is 19.1 Å². The summed E-state index contributed by atoms with van der Waals surface area (Å²) in [6.45, 7) is 2.21. The first-order valence-corrected chi connectivity index (χ1v) is 5.70. The molecule has 0 aromatic carbocycles. The number of hydrogen-bond donors (Lipinski definition) is 1. The fourth-order valence-corrected chi connectivity index (χ4v) is 1.70. The minimum absolute atomic E-state index is 0.203. The monoisotopic (exact) mass is 266 g/mol. The number of aromatic nitrogens is 3. The molecule has 2 rings (SSSR count). The van der Waals surface area contributed by atoms with E-state index >= 15 is 0 Å². The van der Waals surface area contributed by atoms with Gasteiger partial charge in [0.2, 0.25) is 6.39 Å². The van der Waals surface area contributed by atoms with Crippen molar-refractivity contribution in [2.45, 2.75) is 13.3 Å². The van der Waals surface area contributed by atoms with Gasteiger partial charge in [0.15, 0.2) is 5.82 Å². The number of aryl methyl sites for hydroxylation is 1. The van der Waals surface area contributed by atoms with Gasteiger partial charge in [0.05, 0.1) is 0 Å². The summed E-state index contributed by atoms with van der Waals surface area (Å²) in [5, 5.41) is 6.69. The molecule has 0 saturated carbocycles. The molecule has 0 radical (unpaired) electrons. The Labute approximate surface area is 108 Å². The highest BCUT2D eigenvalue weighted by Crippen LogP contribution is 2.10. The highest BCUT2D eigenvalue weighted by atomic mass is 35.5. The summed E-state index contributed by atoms with van der Waals surface area (Å²) in [6, 6.07) is 3.20. The summed E-state index contributed by atoms with van der Waals surface area (Å²) < 4.78 is 4.59. The van der Waals surface area contributed by atoms with Crippen LogP contribution in [0.4, 0.5) is 0 Å². The Hall–Kier alpha value is -1.95. The lowest BCUT2D eigenvalue weighted by atomic mass is 10.2. The second kappa shape index (κ2) is 5.59. The molecule has 0 unspecified atom stereocenters. The summed E-state index contributed by atoms with van der Waals surface area (Å²) >= 11 is 5.79. The van der Waals surface area contributed by atoms with Gasteiger partial charge < -0.3 is 9.84 Å². The van der Waals surface area contributed by atoms with E-state index in [0.29, 0.717) is 35.2 Å². The second-order valence-electron chi connectivity index (χ2n) is 3.67. The number of amides is 1. The van der Waals surface area contributed by atoms with E-state index in [1.165, 1.54) is 12.5 Å². The van der Waals surface area contributed by atoms with Crippen LogP contribution in [0.1, 0.15) is 21.9 Å². The normalized spacial score (nSPS) is 10.3. The van der Waals surface area contributed by atoms with Gasteiger partial charge in [0.25, 0.3) is 5.91 Å². The van der Waals surface area contributed by atoms with E-state index < -0.39 is 0 Å². The Kier molecular flexibility index (Phi) is 3.88. The maximum atomic E-state index is 11.8. The molecule has 0 saturated heterocycles. The van der Waals surface area contributed by atoms with Gasteiger partial charge in [-0.25, -0.2) is 4.98 Å². The van der Waals surface area contributed by atoms with Crippen LogP contribution >= 0.6 is 11.6 Å². The molecule has 1 amide bonds. The molecule has 0 aliphatic carbocycles. The molecular weight excluding hydrogens is 256 g/mol. The van der Waals surface area contributed by atoms with Gasteiger partial charge in [-0.15, -0.1) is 0 Å². The third-order valence-electron chi connectivity index (χ3n) is 2.23. The minimum Gasteiger partial charge on any atom is -0.352 e. The molecule has 2 aromatic rings. The highest BCUT2D eigenvalue weighted by molar-refractivity contribution is 6.29. The Morgan fingerprint density at radius 3 is 3.00 bits per heavy atom. The van der Waals surface area contributed by atoms with Crippen molar-refractivity contribution in [3.8, 4) is 0 Å². The molecule has 2 aromatic heterocycles. The average Bonchev–Trinajstić information content (AvgIpc) is 2.80. The quantitative estimate of drug-likeness (QED) is 0.846. The minimum atomic E-state index is -0.203. The van der Waals surface area contributed by atoms with Crippen LogP contribution in [0.5, 0.6) is 0 Å². The van der Waals surface area contributed by atoms with Crippen molar-refractivity contribution in [1.82, 2.24) is 20.4 Å². The van der Waals surface area contributed by atoms with Gasteiger partial charge in [0.1, 0.15) is 5.15 Å². The van der Waals surface area contributed by atoms with Gasteiger partial charge in [-0.1, -0.05) is 16.8 Å². The number of halogens is 1. The molecular formula is C11H11ClN4O2. The predicted octanol–water partition coefficient (Wildman–Crippen LogP) is 1.40. The topological polar surface area (TPSA) is 80.9 Å². The maximum Gasteiger partial charge on any atom is 0.251 e. The fourth-order valence-electron chi connectivity index (χ4n) is 1.45. The van der Waals surface area contributed by atoms with Crippen molar-refractivity contribution in [2.24, 2.45) is 0 Å². The summed E-state index contributed by atoms with van der Waals surface area (Å²) in [6.07, 6.45) is 1.77. The SMILES string of the molecule is Cc1cc(C(=O)NCCc2ncon2)cc(Cl)n1. The Morgan fingerprint density at radius 1 is 1.50 bits per heavy atom. The average molecular weight is 267 g/mol. The lowest BCUT2D eigenvalue weighted by Crippen LogP contribution is -2.26. The predicted molar refractivity (Wildman–Crippen MR) is 64.3 cm³/mol. The lowest BCUT2D eigenvalue weighted by Gasteiger charge is -2.04. The first kappa shape index (κ1) is 12.5. The number of pyridine rings is 1. The van der Waals surface area contributed by atoms with Crippen molar-refractivity contribution in [3.05, 3.63) is 40.8 Å². The van der Waals surface area contributed by atoms with Crippen LogP contribution in [0, 0.1) is 6.92 Å². The third-order valence-corrected chi connectivity index (χ3v) is 2.42. The smallest absolute Gasteiger partial charge is 0.251 e. The standard InChI is InChI=1S/C11H11ClN4O2/c1-7-4-8(5-9(12)15-7)11(17)13-3-2-10-14-6-18-16-10/h4-6H,2-3H2,1H3,(H,13,17). The number of nitrogens with zero attached hydrogens (tertiary/aromatic N) is 3. The zero-order valence-electron chi connectivity index (χ0n) is 9.68. The van der Waals surface area contributed by atoms with Gasteiger partial charge in [-0.2, -0.15) is 4.98 Å². The number of hydrogen-bond acceptors (Lipinski definition) is 5. The Morgan fingerprint density at radius 2 is 2.33 bits per heavy atom. The molecule has 0 atom stereocenters. The van der Waals surface area contributed by atoms with Crippen LogP contribution in [0.25, 0.3) is 0 Å². The second-order valence-corrected chi connectivity index (χ2v) is 4.06. The van der Waals surface area contributed by atoms with E-state index in [1.807, 2.05) is 0 Å². The van der Waals surface area contributed by atoms with Crippen molar-refractivity contribution < 1.29 is 9.32 Å². The number of carbonyl (C=O) groups is 1. The van der Waals surface area contributed by atoms with Gasteiger partial charge >= 0.3 is 0 Å². The number of nitrogens with one attached hydrogen (secondary N) is 1. The molecule has 6 nitrogen and oxygen atoms in total. The van der Waals surface area contributed by atoms with E-state index in [4.69, 9.17) is 11.6 Å². The highest BCUT2D eigenvalue weighted by Gasteiger charge is 2.08. The maximum absolute atomic E-state index is 11.8. The van der Waals surface area contributed by atoms with Crippen LogP contribution < -0.4 is 5.32 Å². The third kappa shape index (κ3) is 3.27. The molecule has 0 aliphatic rings. The van der Waals surface area contributed by atoms with Crippen molar-refractivity contribution >= 4 is 17.5 Å². The lowest BCUT2D eigenvalue weighted by molar-refractivity contribution is 0.0953. The van der Waals surface area contributed by atoms with Gasteiger partial charge in [-0.3, -0.25) is 4.79 Å². The first-order chi connectivity index (χ1) is 8.65. The Bertz CT molecular complexity index is 522. The molecule has 0 aliphatic heterocycles. The molecule has 2 heterocycles. The van der Waals surface area contributed by atoms with Crippen LogP contribution in [-0.4, -0.2) is 27.6 Å². The molecule has 0 bridgehead atoms. The summed E-state index contributed by atoms with van der Waals surface area (Å²) in [5.74, 6) is 0.352. The molecule has 1 N–H and O–H groups in total. The molecule has 7 heteroatoms. The van der Waals surface area contributed by atoms with Crippen molar-refractivity contribution in [2.75, 3.05) is 6.54 Å². The van der Waals surface area contributed by atoms with Crippen molar-refractivity contribution in [1.29, 1.82) is 0 Å². The van der Waals surface area contributed by atoms with Crippen LogP contribution in [0.3, 0.4) is 0 Å².